The second-order valence-electron chi connectivity index (χ2n) is 8.39. The van der Waals surface area contributed by atoms with Gasteiger partial charge in [-0.1, -0.05) is 19.1 Å². The van der Waals surface area contributed by atoms with E-state index in [1.54, 1.807) is 0 Å². The summed E-state index contributed by atoms with van der Waals surface area (Å²) in [5.74, 6) is 2.58. The third-order valence-corrected chi connectivity index (χ3v) is 5.40. The molecule has 0 spiro atoms. The van der Waals surface area contributed by atoms with Crippen LogP contribution in [-0.4, -0.2) is 62.3 Å². The van der Waals surface area contributed by atoms with E-state index in [-0.39, 0.29) is 29.6 Å². The van der Waals surface area contributed by atoms with Gasteiger partial charge in [-0.3, -0.25) is 4.99 Å². The van der Waals surface area contributed by atoms with Crippen molar-refractivity contribution in [2.45, 2.75) is 58.1 Å². The maximum Gasteiger partial charge on any atom is 0.191 e. The molecule has 0 amide bonds. The first-order valence-electron chi connectivity index (χ1n) is 10.6. The highest BCUT2D eigenvalue weighted by Crippen LogP contribution is 2.41. The number of aliphatic imine (C=N–C) groups is 1. The molecule has 0 saturated carbocycles. The summed E-state index contributed by atoms with van der Waals surface area (Å²) in [6.07, 6.45) is 4.49. The number of nitrogens with one attached hydrogen (secondary N) is 2. The molecule has 2 aliphatic heterocycles. The molecular formula is C22H37IN4O2. The zero-order valence-electron chi connectivity index (χ0n) is 18.3. The molecule has 2 heterocycles. The second kappa shape index (κ2) is 11.2. The summed E-state index contributed by atoms with van der Waals surface area (Å²) >= 11 is 0. The van der Waals surface area contributed by atoms with E-state index < -0.39 is 0 Å². The fourth-order valence-corrected chi connectivity index (χ4v) is 4.04. The molecule has 6 nitrogen and oxygen atoms in total. The number of nitrogens with zero attached hydrogens (tertiary/aromatic N) is 2. The Balaban J connectivity index is 0.00000300. The minimum absolute atomic E-state index is 0. The van der Waals surface area contributed by atoms with Crippen LogP contribution in [0.25, 0.3) is 0 Å². The van der Waals surface area contributed by atoms with Crippen molar-refractivity contribution in [3.8, 4) is 11.5 Å². The molecule has 0 atom stereocenters. The standard InChI is InChI=1S/C22H36N4O2.HI/c1-5-12-26-13-9-18(10-14-26)25-21(23-4)24-11-15-27-19-8-6-7-17-16-22(2,3)28-20(17)19;/h6-8,18H,5,9-16H2,1-4H3,(H2,23,24,25);1H. The Labute approximate surface area is 192 Å². The molecule has 0 radical (unpaired) electrons. The lowest BCUT2D eigenvalue weighted by molar-refractivity contribution is 0.132. The third kappa shape index (κ3) is 6.91. The number of piperidine rings is 1. The number of halogens is 1. The number of para-hydroxylation sites is 1. The number of hydrogen-bond acceptors (Lipinski definition) is 4. The quantitative estimate of drug-likeness (QED) is 0.252. The lowest BCUT2D eigenvalue weighted by Crippen LogP contribution is -2.49. The SMILES string of the molecule is CCCN1CCC(NC(=NC)NCCOc2cccc3c2OC(C)(C)C3)CC1.I. The average molecular weight is 516 g/mol. The Morgan fingerprint density at radius 2 is 2.07 bits per heavy atom. The van der Waals surface area contributed by atoms with Crippen LogP contribution in [0.15, 0.2) is 23.2 Å². The molecule has 2 N–H and O–H groups in total. The molecule has 2 aliphatic rings. The molecular weight excluding hydrogens is 479 g/mol. The van der Waals surface area contributed by atoms with Crippen molar-refractivity contribution in [1.82, 2.24) is 15.5 Å². The van der Waals surface area contributed by atoms with Gasteiger partial charge in [0.2, 0.25) is 0 Å². The van der Waals surface area contributed by atoms with Crippen molar-refractivity contribution < 1.29 is 9.47 Å². The largest absolute Gasteiger partial charge is 0.488 e. The molecule has 7 heteroatoms. The zero-order valence-corrected chi connectivity index (χ0v) is 20.6. The van der Waals surface area contributed by atoms with Crippen molar-refractivity contribution >= 4 is 29.9 Å². The lowest BCUT2D eigenvalue weighted by Gasteiger charge is -2.32. The molecule has 3 rings (SSSR count). The molecule has 1 saturated heterocycles. The molecule has 0 aromatic heterocycles. The van der Waals surface area contributed by atoms with E-state index in [1.807, 2.05) is 19.2 Å². The predicted octanol–water partition coefficient (Wildman–Crippen LogP) is 3.44. The molecule has 0 bridgehead atoms. The van der Waals surface area contributed by atoms with Crippen LogP contribution >= 0.6 is 24.0 Å². The molecule has 1 aromatic rings. The number of fused-ring (bicyclic) bond motifs is 1. The summed E-state index contributed by atoms with van der Waals surface area (Å²) < 4.78 is 12.1. The summed E-state index contributed by atoms with van der Waals surface area (Å²) in [6, 6.07) is 6.63. The van der Waals surface area contributed by atoms with Gasteiger partial charge in [0.1, 0.15) is 12.2 Å². The Bertz CT molecular complexity index is 673. The number of ether oxygens (including phenoxy) is 2. The van der Waals surface area contributed by atoms with Gasteiger partial charge >= 0.3 is 0 Å². The highest BCUT2D eigenvalue weighted by atomic mass is 127. The average Bonchev–Trinajstić information content (AvgIpc) is 3.00. The third-order valence-electron chi connectivity index (χ3n) is 5.40. The van der Waals surface area contributed by atoms with E-state index in [0.717, 1.165) is 23.9 Å². The van der Waals surface area contributed by atoms with E-state index in [2.05, 4.69) is 47.4 Å². The van der Waals surface area contributed by atoms with E-state index >= 15 is 0 Å². The molecule has 1 aromatic carbocycles. The summed E-state index contributed by atoms with van der Waals surface area (Å²) in [5, 5.41) is 6.92. The maximum atomic E-state index is 6.07. The minimum atomic E-state index is -0.154. The van der Waals surface area contributed by atoms with Crippen LogP contribution in [0.2, 0.25) is 0 Å². The number of guanidine groups is 1. The highest BCUT2D eigenvalue weighted by molar-refractivity contribution is 14.0. The van der Waals surface area contributed by atoms with Crippen molar-refractivity contribution in [1.29, 1.82) is 0 Å². The van der Waals surface area contributed by atoms with E-state index in [1.165, 1.54) is 44.5 Å². The fourth-order valence-electron chi connectivity index (χ4n) is 4.04. The summed E-state index contributed by atoms with van der Waals surface area (Å²) in [4.78, 5) is 6.91. The smallest absolute Gasteiger partial charge is 0.191 e. The van der Waals surface area contributed by atoms with Crippen molar-refractivity contribution in [3.63, 3.8) is 0 Å². The summed E-state index contributed by atoms with van der Waals surface area (Å²) in [5.41, 5.74) is 1.07. The second-order valence-corrected chi connectivity index (χ2v) is 8.39. The summed E-state index contributed by atoms with van der Waals surface area (Å²) in [6.45, 7) is 11.3. The fraction of sp³-hybridized carbons (Fsp3) is 0.682. The molecule has 0 aliphatic carbocycles. The van der Waals surface area contributed by atoms with E-state index in [0.29, 0.717) is 19.2 Å². The normalized spacial score (nSPS) is 19.1. The Morgan fingerprint density at radius 1 is 1.31 bits per heavy atom. The first-order valence-corrected chi connectivity index (χ1v) is 10.6. The monoisotopic (exact) mass is 516 g/mol. The summed E-state index contributed by atoms with van der Waals surface area (Å²) in [7, 11) is 1.82. The predicted molar refractivity (Wildman–Crippen MR) is 130 cm³/mol. The Hall–Kier alpha value is -1.22. The van der Waals surface area contributed by atoms with Crippen molar-refractivity contribution in [2.75, 3.05) is 39.8 Å². The van der Waals surface area contributed by atoms with Gasteiger partial charge in [0, 0.05) is 38.2 Å². The number of hydrogen-bond donors (Lipinski definition) is 2. The highest BCUT2D eigenvalue weighted by Gasteiger charge is 2.32. The number of benzene rings is 1. The Kier molecular flexibility index (Phi) is 9.33. The molecule has 164 valence electrons. The first kappa shape index (κ1) is 24.1. The van der Waals surface area contributed by atoms with Crippen LogP contribution in [0.3, 0.4) is 0 Å². The van der Waals surface area contributed by atoms with E-state index in [4.69, 9.17) is 9.47 Å². The van der Waals surface area contributed by atoms with Gasteiger partial charge in [-0.25, -0.2) is 0 Å². The van der Waals surface area contributed by atoms with Crippen LogP contribution in [-0.2, 0) is 6.42 Å². The minimum Gasteiger partial charge on any atom is -0.488 e. The van der Waals surface area contributed by atoms with Gasteiger partial charge in [0.25, 0.3) is 0 Å². The van der Waals surface area contributed by atoms with Gasteiger partial charge in [0.05, 0.1) is 6.54 Å². The molecule has 1 fully saturated rings. The van der Waals surface area contributed by atoms with Gasteiger partial charge in [-0.2, -0.15) is 0 Å². The van der Waals surface area contributed by atoms with Crippen molar-refractivity contribution in [3.05, 3.63) is 23.8 Å². The lowest BCUT2D eigenvalue weighted by atomic mass is 10.0. The van der Waals surface area contributed by atoms with Crippen LogP contribution in [0, 0.1) is 0 Å². The molecule has 0 unspecified atom stereocenters. The molecule has 29 heavy (non-hydrogen) atoms. The topological polar surface area (TPSA) is 58.1 Å². The van der Waals surface area contributed by atoms with Crippen LogP contribution in [0.5, 0.6) is 11.5 Å². The van der Waals surface area contributed by atoms with Gasteiger partial charge < -0.3 is 25.0 Å². The Morgan fingerprint density at radius 3 is 2.76 bits per heavy atom. The first-order chi connectivity index (χ1) is 13.5. The van der Waals surface area contributed by atoms with Gasteiger partial charge in [-0.05, 0) is 45.7 Å². The van der Waals surface area contributed by atoms with Crippen molar-refractivity contribution in [2.24, 2.45) is 4.99 Å². The van der Waals surface area contributed by atoms with Crippen LogP contribution in [0.1, 0.15) is 45.6 Å². The van der Waals surface area contributed by atoms with Crippen LogP contribution < -0.4 is 20.1 Å². The number of rotatable bonds is 7. The maximum absolute atomic E-state index is 6.07. The van der Waals surface area contributed by atoms with E-state index in [9.17, 15) is 0 Å². The zero-order chi connectivity index (χ0) is 20.0. The number of likely N-dealkylation sites (tertiary alicyclic amines) is 1. The van der Waals surface area contributed by atoms with Gasteiger partial charge in [0.15, 0.2) is 17.5 Å². The van der Waals surface area contributed by atoms with Crippen LogP contribution in [0.4, 0.5) is 0 Å². The van der Waals surface area contributed by atoms with Gasteiger partial charge in [-0.15, -0.1) is 24.0 Å².